The summed E-state index contributed by atoms with van der Waals surface area (Å²) in [5, 5.41) is 9.77. The number of nitrogens with one attached hydrogen (secondary N) is 1. The van der Waals surface area contributed by atoms with Crippen LogP contribution >= 0.6 is 11.3 Å². The second-order valence-corrected chi connectivity index (χ2v) is 4.21. The first-order valence-corrected chi connectivity index (χ1v) is 5.35. The van der Waals surface area contributed by atoms with Gasteiger partial charge in [-0.3, -0.25) is 9.98 Å². The fraction of sp³-hybridized carbons (Fsp3) is 0.182. The lowest BCUT2D eigenvalue weighted by atomic mass is 10.2. The zero-order chi connectivity index (χ0) is 10.1. The summed E-state index contributed by atoms with van der Waals surface area (Å²) in [6.07, 6.45) is 0. The Morgan fingerprint density at radius 1 is 1.14 bits per heavy atom. The molecule has 0 fully saturated rings. The summed E-state index contributed by atoms with van der Waals surface area (Å²) in [6, 6.07) is 8.23. The van der Waals surface area contributed by atoms with E-state index in [1.165, 1.54) is 16.9 Å². The Hall–Kier alpha value is -1.35. The number of benzene rings is 1. The third-order valence-electron chi connectivity index (χ3n) is 2.19. The lowest BCUT2D eigenvalue weighted by Crippen LogP contribution is -2.11. The maximum atomic E-state index is 7.76. The molecule has 1 aromatic heterocycles. The molecule has 72 valence electrons. The van der Waals surface area contributed by atoms with Gasteiger partial charge < -0.3 is 0 Å². The second kappa shape index (κ2) is 3.42. The smallest absolute Gasteiger partial charge is 0.186 e. The fourth-order valence-corrected chi connectivity index (χ4v) is 2.16. The van der Waals surface area contributed by atoms with E-state index < -0.39 is 0 Å². The van der Waals surface area contributed by atoms with Crippen LogP contribution in [0, 0.1) is 19.3 Å². The van der Waals surface area contributed by atoms with Gasteiger partial charge >= 0.3 is 0 Å². The van der Waals surface area contributed by atoms with Crippen molar-refractivity contribution in [2.24, 2.45) is 0 Å². The van der Waals surface area contributed by atoms with E-state index in [-0.39, 0.29) is 0 Å². The maximum Gasteiger partial charge on any atom is 0.186 e. The minimum absolute atomic E-state index is 0.575. The van der Waals surface area contributed by atoms with Crippen LogP contribution in [0.1, 0.15) is 11.3 Å². The van der Waals surface area contributed by atoms with E-state index in [9.17, 15) is 0 Å². The number of hydrogen-bond acceptors (Lipinski definition) is 2. The van der Waals surface area contributed by atoms with Gasteiger partial charge in [-0.2, -0.15) is 0 Å². The Bertz CT molecular complexity index is 491. The Morgan fingerprint density at radius 3 is 2.29 bits per heavy atom. The molecule has 0 atom stereocenters. The van der Waals surface area contributed by atoms with Gasteiger partial charge in [0, 0.05) is 16.8 Å². The molecule has 1 N–H and O–H groups in total. The zero-order valence-corrected chi connectivity index (χ0v) is 9.06. The largest absolute Gasteiger partial charge is 0.290 e. The molecule has 2 rings (SSSR count). The molecule has 1 heterocycles. The molecule has 14 heavy (non-hydrogen) atoms. The van der Waals surface area contributed by atoms with Crippen LogP contribution in [0.2, 0.25) is 0 Å². The van der Waals surface area contributed by atoms with Crippen molar-refractivity contribution in [2.75, 3.05) is 0 Å². The molecule has 0 unspecified atom stereocenters. The summed E-state index contributed by atoms with van der Waals surface area (Å²) in [7, 11) is 0. The molecule has 0 aliphatic rings. The van der Waals surface area contributed by atoms with Crippen molar-refractivity contribution in [3.63, 3.8) is 0 Å². The summed E-state index contributed by atoms with van der Waals surface area (Å²) in [4.78, 5) is 0.575. The number of aryl methyl sites for hydroxylation is 2. The van der Waals surface area contributed by atoms with E-state index in [1.807, 2.05) is 29.0 Å². The highest BCUT2D eigenvalue weighted by Gasteiger charge is 2.01. The van der Waals surface area contributed by atoms with E-state index >= 15 is 0 Å². The van der Waals surface area contributed by atoms with E-state index in [4.69, 9.17) is 5.41 Å². The van der Waals surface area contributed by atoms with Gasteiger partial charge in [0.1, 0.15) is 0 Å². The summed E-state index contributed by atoms with van der Waals surface area (Å²) in [6.45, 7) is 4.09. The molecule has 0 aliphatic carbocycles. The Labute approximate surface area is 87.0 Å². The Kier molecular flexibility index (Phi) is 2.25. The quantitative estimate of drug-likeness (QED) is 0.740. The zero-order valence-electron chi connectivity index (χ0n) is 8.24. The molecule has 0 spiro atoms. The fourth-order valence-electron chi connectivity index (χ4n) is 1.42. The van der Waals surface area contributed by atoms with Crippen LogP contribution in [-0.2, 0) is 0 Å². The van der Waals surface area contributed by atoms with E-state index in [0.717, 1.165) is 11.4 Å². The van der Waals surface area contributed by atoms with Crippen molar-refractivity contribution < 1.29 is 0 Å². The van der Waals surface area contributed by atoms with Crippen molar-refractivity contribution in [2.45, 2.75) is 13.8 Å². The van der Waals surface area contributed by atoms with Gasteiger partial charge in [0.05, 0.1) is 0 Å². The molecule has 0 radical (unpaired) electrons. The minimum atomic E-state index is 0.575. The van der Waals surface area contributed by atoms with Crippen LogP contribution < -0.4 is 4.80 Å². The summed E-state index contributed by atoms with van der Waals surface area (Å²) in [5.74, 6) is 0. The first-order chi connectivity index (χ1) is 6.68. The molecule has 2 nitrogen and oxygen atoms in total. The standard InChI is InChI=1S/C11H12N2S/c1-8-3-5-10(6-4-8)13-9(2)7-14-11(13)12/h3-7,12H,1-2H3. The van der Waals surface area contributed by atoms with Crippen LogP contribution in [0.25, 0.3) is 5.69 Å². The lowest BCUT2D eigenvalue weighted by Gasteiger charge is -2.05. The predicted octanol–water partition coefficient (Wildman–Crippen LogP) is 2.64. The molecule has 0 aliphatic heterocycles. The topological polar surface area (TPSA) is 28.8 Å². The van der Waals surface area contributed by atoms with Gasteiger partial charge in [-0.05, 0) is 26.0 Å². The first kappa shape index (κ1) is 9.21. The lowest BCUT2D eigenvalue weighted by molar-refractivity contribution is 0.934. The molecule has 3 heteroatoms. The molecule has 0 bridgehead atoms. The molecule has 0 saturated carbocycles. The molecule has 2 aromatic rings. The highest BCUT2D eigenvalue weighted by atomic mass is 32.1. The summed E-state index contributed by atoms with van der Waals surface area (Å²) in [5.41, 5.74) is 3.43. The number of aromatic nitrogens is 1. The highest BCUT2D eigenvalue weighted by molar-refractivity contribution is 7.07. The highest BCUT2D eigenvalue weighted by Crippen LogP contribution is 2.11. The average Bonchev–Trinajstić information content (AvgIpc) is 2.49. The normalized spacial score (nSPS) is 10.4. The number of thiazole rings is 1. The van der Waals surface area contributed by atoms with Gasteiger partial charge in [0.15, 0.2) is 4.80 Å². The van der Waals surface area contributed by atoms with Crippen LogP contribution in [0.15, 0.2) is 29.6 Å². The third kappa shape index (κ3) is 1.51. The molecule has 0 saturated heterocycles. The van der Waals surface area contributed by atoms with Gasteiger partial charge in [-0.1, -0.05) is 17.7 Å². The maximum absolute atomic E-state index is 7.76. The van der Waals surface area contributed by atoms with Crippen LogP contribution in [0.4, 0.5) is 0 Å². The molecular weight excluding hydrogens is 192 g/mol. The van der Waals surface area contributed by atoms with Crippen molar-refractivity contribution in [1.82, 2.24) is 4.57 Å². The van der Waals surface area contributed by atoms with Crippen molar-refractivity contribution in [3.05, 3.63) is 45.7 Å². The van der Waals surface area contributed by atoms with E-state index in [1.54, 1.807) is 0 Å². The SMILES string of the molecule is Cc1ccc(-n2c(C)csc2=N)cc1. The summed E-state index contributed by atoms with van der Waals surface area (Å²) < 4.78 is 1.95. The van der Waals surface area contributed by atoms with Crippen LogP contribution in [0.3, 0.4) is 0 Å². The molecule has 1 aromatic carbocycles. The van der Waals surface area contributed by atoms with E-state index in [0.29, 0.717) is 4.80 Å². The third-order valence-corrected chi connectivity index (χ3v) is 3.05. The van der Waals surface area contributed by atoms with Crippen LogP contribution in [-0.4, -0.2) is 4.57 Å². The van der Waals surface area contributed by atoms with Crippen molar-refractivity contribution >= 4 is 11.3 Å². The van der Waals surface area contributed by atoms with Gasteiger partial charge in [-0.15, -0.1) is 11.3 Å². The number of hydrogen-bond donors (Lipinski definition) is 1. The summed E-state index contributed by atoms with van der Waals surface area (Å²) >= 11 is 1.46. The minimum Gasteiger partial charge on any atom is -0.290 e. The first-order valence-electron chi connectivity index (χ1n) is 4.47. The van der Waals surface area contributed by atoms with Gasteiger partial charge in [0.2, 0.25) is 0 Å². The monoisotopic (exact) mass is 204 g/mol. The predicted molar refractivity (Wildman–Crippen MR) is 59.0 cm³/mol. The Balaban J connectivity index is 2.60. The van der Waals surface area contributed by atoms with Crippen molar-refractivity contribution in [1.29, 1.82) is 5.41 Å². The van der Waals surface area contributed by atoms with Crippen LogP contribution in [0.5, 0.6) is 0 Å². The van der Waals surface area contributed by atoms with Gasteiger partial charge in [0.25, 0.3) is 0 Å². The van der Waals surface area contributed by atoms with Crippen molar-refractivity contribution in [3.8, 4) is 5.69 Å². The number of rotatable bonds is 1. The number of nitrogens with zero attached hydrogens (tertiary/aromatic N) is 1. The molecular formula is C11H12N2S. The Morgan fingerprint density at radius 2 is 1.79 bits per heavy atom. The average molecular weight is 204 g/mol. The second-order valence-electron chi connectivity index (χ2n) is 3.35. The van der Waals surface area contributed by atoms with Gasteiger partial charge in [-0.25, -0.2) is 0 Å². The van der Waals surface area contributed by atoms with E-state index in [2.05, 4.69) is 19.1 Å². The molecule has 0 amide bonds.